The van der Waals surface area contributed by atoms with Gasteiger partial charge in [0, 0.05) is 6.20 Å². The number of amides is 1. The van der Waals surface area contributed by atoms with E-state index in [0.717, 1.165) is 17.8 Å². The predicted molar refractivity (Wildman–Crippen MR) is 154 cm³/mol. The van der Waals surface area contributed by atoms with Crippen molar-refractivity contribution in [3.8, 4) is 5.75 Å². The molecule has 0 spiro atoms. The number of aryl methyl sites for hydroxylation is 2. The molecule has 5 rings (SSSR count). The molecule has 4 heterocycles. The van der Waals surface area contributed by atoms with Gasteiger partial charge < -0.3 is 14.6 Å². The number of ketones is 1. The van der Waals surface area contributed by atoms with E-state index in [9.17, 15) is 19.5 Å². The molecular formula is C30H28N4O6S. The molecule has 0 bridgehead atoms. The summed E-state index contributed by atoms with van der Waals surface area (Å²) in [7, 11) is 0. The molecule has 1 aliphatic heterocycles. The Balaban J connectivity index is 1.71. The Bertz CT molecular complexity index is 1720. The lowest BCUT2D eigenvalue weighted by molar-refractivity contribution is -0.132. The van der Waals surface area contributed by atoms with E-state index in [1.165, 1.54) is 11.0 Å². The fraction of sp³-hybridized carbons (Fsp3) is 0.233. The molecule has 0 aliphatic carbocycles. The summed E-state index contributed by atoms with van der Waals surface area (Å²) in [5.41, 5.74) is 2.10. The van der Waals surface area contributed by atoms with Gasteiger partial charge in [0.15, 0.2) is 10.9 Å². The summed E-state index contributed by atoms with van der Waals surface area (Å²) in [5.74, 6) is -2.21. The highest BCUT2D eigenvalue weighted by Crippen LogP contribution is 2.44. The van der Waals surface area contributed by atoms with Gasteiger partial charge in [-0.3, -0.25) is 18.9 Å². The molecule has 1 fully saturated rings. The van der Waals surface area contributed by atoms with E-state index in [0.29, 0.717) is 40.6 Å². The van der Waals surface area contributed by atoms with Crippen molar-refractivity contribution in [2.24, 2.45) is 0 Å². The summed E-state index contributed by atoms with van der Waals surface area (Å²) in [4.78, 5) is 50.4. The van der Waals surface area contributed by atoms with Crippen molar-refractivity contribution in [1.82, 2.24) is 14.4 Å². The van der Waals surface area contributed by atoms with Gasteiger partial charge in [-0.1, -0.05) is 49.1 Å². The standard InChI is InChI=1S/C30H28N4O6S/c1-5-14-39-20-11-9-10-19(16-20)24-22(25(35)23-17(3)31-21-12-7-8-13-33(21)23)26(36)28(37)34(24)30-32-18(4)27(41-30)29(38)40-15-6-2/h6-13,16,24,35H,2,5,14-15H2,1,3-4H3/b25-22+. The summed E-state index contributed by atoms with van der Waals surface area (Å²) in [6, 6.07) is 11.3. The SMILES string of the molecule is C=CCOC(=O)c1sc(N2C(=O)C(=O)/C(=C(/O)c3c(C)nc4ccccn34)C2c2cccc(OCCC)c2)nc1C. The Kier molecular flexibility index (Phi) is 7.71. The van der Waals surface area contributed by atoms with Crippen LogP contribution >= 0.6 is 11.3 Å². The molecule has 11 heteroatoms. The van der Waals surface area contributed by atoms with Gasteiger partial charge in [-0.25, -0.2) is 14.8 Å². The van der Waals surface area contributed by atoms with Crippen LogP contribution in [0.25, 0.3) is 11.4 Å². The number of imidazole rings is 1. The molecule has 1 saturated heterocycles. The van der Waals surface area contributed by atoms with Crippen molar-refractivity contribution in [1.29, 1.82) is 0 Å². The number of carbonyl (C=O) groups is 3. The summed E-state index contributed by atoms with van der Waals surface area (Å²) in [6.07, 6.45) is 3.96. The Morgan fingerprint density at radius 1 is 1.15 bits per heavy atom. The van der Waals surface area contributed by atoms with Crippen molar-refractivity contribution in [2.45, 2.75) is 33.2 Å². The number of aliphatic hydroxyl groups is 1. The first-order chi connectivity index (χ1) is 19.8. The third-order valence-corrected chi connectivity index (χ3v) is 7.67. The highest BCUT2D eigenvalue weighted by molar-refractivity contribution is 7.17. The van der Waals surface area contributed by atoms with Gasteiger partial charge in [0.1, 0.15) is 28.6 Å². The van der Waals surface area contributed by atoms with E-state index < -0.39 is 23.7 Å². The van der Waals surface area contributed by atoms with Gasteiger partial charge in [0.05, 0.1) is 29.6 Å². The number of ether oxygens (including phenoxy) is 2. The quantitative estimate of drug-likeness (QED) is 0.0959. The van der Waals surface area contributed by atoms with Crippen LogP contribution < -0.4 is 9.64 Å². The van der Waals surface area contributed by atoms with Crippen LogP contribution in [0.3, 0.4) is 0 Å². The number of Topliss-reactive ketones (excluding diaryl/α,β-unsaturated/α-hetero) is 1. The minimum Gasteiger partial charge on any atom is -0.505 e. The average molecular weight is 573 g/mol. The molecule has 0 saturated carbocycles. The highest BCUT2D eigenvalue weighted by Gasteiger charge is 2.49. The summed E-state index contributed by atoms with van der Waals surface area (Å²) < 4.78 is 12.7. The van der Waals surface area contributed by atoms with Gasteiger partial charge in [-0.05, 0) is 50.1 Å². The monoisotopic (exact) mass is 572 g/mol. The van der Waals surface area contributed by atoms with Crippen LogP contribution in [0.5, 0.6) is 5.75 Å². The zero-order valence-electron chi connectivity index (χ0n) is 22.8. The Labute approximate surface area is 240 Å². The number of aliphatic hydroxyl groups excluding tert-OH is 1. The zero-order chi connectivity index (χ0) is 29.3. The zero-order valence-corrected chi connectivity index (χ0v) is 23.6. The lowest BCUT2D eigenvalue weighted by Crippen LogP contribution is -2.29. The van der Waals surface area contributed by atoms with E-state index in [2.05, 4.69) is 16.5 Å². The number of thiazole rings is 1. The molecule has 41 heavy (non-hydrogen) atoms. The normalized spacial score (nSPS) is 16.4. The maximum absolute atomic E-state index is 13.7. The summed E-state index contributed by atoms with van der Waals surface area (Å²) in [6.45, 7) is 9.37. The second-order valence-corrected chi connectivity index (χ2v) is 10.3. The minimum atomic E-state index is -1.06. The number of aromatic nitrogens is 3. The average Bonchev–Trinajstić information content (AvgIpc) is 3.60. The maximum Gasteiger partial charge on any atom is 0.350 e. The molecule has 1 amide bonds. The fourth-order valence-electron chi connectivity index (χ4n) is 4.74. The number of nitrogens with zero attached hydrogens (tertiary/aromatic N) is 4. The topological polar surface area (TPSA) is 123 Å². The van der Waals surface area contributed by atoms with Crippen LogP contribution in [-0.4, -0.2) is 50.3 Å². The second kappa shape index (κ2) is 11.4. The van der Waals surface area contributed by atoms with Crippen molar-refractivity contribution in [3.63, 3.8) is 0 Å². The van der Waals surface area contributed by atoms with Gasteiger partial charge >= 0.3 is 11.9 Å². The Morgan fingerprint density at radius 2 is 1.95 bits per heavy atom. The molecule has 1 unspecified atom stereocenters. The van der Waals surface area contributed by atoms with Crippen molar-refractivity contribution >= 4 is 45.5 Å². The third kappa shape index (κ3) is 5.00. The molecule has 4 aromatic rings. The number of carbonyl (C=O) groups excluding carboxylic acids is 3. The van der Waals surface area contributed by atoms with Crippen LogP contribution in [0.4, 0.5) is 5.13 Å². The summed E-state index contributed by atoms with van der Waals surface area (Å²) >= 11 is 0.934. The maximum atomic E-state index is 13.7. The molecule has 210 valence electrons. The molecule has 3 aromatic heterocycles. The van der Waals surface area contributed by atoms with Gasteiger partial charge in [-0.15, -0.1) is 0 Å². The number of hydrogen-bond acceptors (Lipinski definition) is 9. The molecular weight excluding hydrogens is 544 g/mol. The van der Waals surface area contributed by atoms with E-state index in [4.69, 9.17) is 9.47 Å². The molecule has 1 atom stereocenters. The van der Waals surface area contributed by atoms with Crippen LogP contribution in [0.15, 0.2) is 66.9 Å². The first-order valence-electron chi connectivity index (χ1n) is 13.0. The van der Waals surface area contributed by atoms with Crippen LogP contribution in [0.2, 0.25) is 0 Å². The number of esters is 1. The lowest BCUT2D eigenvalue weighted by atomic mass is 9.96. The van der Waals surface area contributed by atoms with Gasteiger partial charge in [-0.2, -0.15) is 0 Å². The molecule has 1 aliphatic rings. The largest absolute Gasteiger partial charge is 0.505 e. The van der Waals surface area contributed by atoms with Gasteiger partial charge in [0.2, 0.25) is 0 Å². The first kappa shape index (κ1) is 27.8. The molecule has 1 N–H and O–H groups in total. The molecule has 0 radical (unpaired) electrons. The number of hydrogen-bond donors (Lipinski definition) is 1. The third-order valence-electron chi connectivity index (χ3n) is 6.53. The number of rotatable bonds is 9. The van der Waals surface area contributed by atoms with Crippen molar-refractivity contribution < 1.29 is 29.0 Å². The van der Waals surface area contributed by atoms with Crippen LogP contribution in [0.1, 0.15) is 51.7 Å². The van der Waals surface area contributed by atoms with E-state index in [1.807, 2.05) is 13.0 Å². The van der Waals surface area contributed by atoms with E-state index in [1.54, 1.807) is 60.8 Å². The summed E-state index contributed by atoms with van der Waals surface area (Å²) in [5, 5.41) is 11.8. The number of fused-ring (bicyclic) bond motifs is 1. The highest BCUT2D eigenvalue weighted by atomic mass is 32.1. The van der Waals surface area contributed by atoms with E-state index in [-0.39, 0.29) is 27.9 Å². The van der Waals surface area contributed by atoms with E-state index >= 15 is 0 Å². The second-order valence-electron chi connectivity index (χ2n) is 9.36. The van der Waals surface area contributed by atoms with Crippen LogP contribution in [-0.2, 0) is 14.3 Å². The molecule has 10 nitrogen and oxygen atoms in total. The Hall–Kier alpha value is -4.77. The number of benzene rings is 1. The molecule has 1 aromatic carbocycles. The smallest absolute Gasteiger partial charge is 0.350 e. The number of pyridine rings is 1. The lowest BCUT2D eigenvalue weighted by Gasteiger charge is -2.23. The van der Waals surface area contributed by atoms with Crippen molar-refractivity contribution in [3.05, 3.63) is 94.4 Å². The minimum absolute atomic E-state index is 0.0131. The Morgan fingerprint density at radius 3 is 2.71 bits per heavy atom. The van der Waals surface area contributed by atoms with Gasteiger partial charge in [0.25, 0.3) is 5.78 Å². The fourth-order valence-corrected chi connectivity index (χ4v) is 5.73. The predicted octanol–water partition coefficient (Wildman–Crippen LogP) is 5.17. The van der Waals surface area contributed by atoms with Crippen LogP contribution in [0, 0.1) is 13.8 Å². The number of anilines is 1. The van der Waals surface area contributed by atoms with Crippen molar-refractivity contribution in [2.75, 3.05) is 18.1 Å². The first-order valence-corrected chi connectivity index (χ1v) is 13.8.